The number of para-hydroxylation sites is 1. The molecule has 0 atom stereocenters. The third kappa shape index (κ3) is 2.51. The maximum absolute atomic E-state index is 11.7. The Morgan fingerprint density at radius 2 is 1.95 bits per heavy atom. The Hall–Kier alpha value is -2.29. The Labute approximate surface area is 124 Å². The van der Waals surface area contributed by atoms with Gasteiger partial charge in [0.15, 0.2) is 0 Å². The van der Waals surface area contributed by atoms with Crippen molar-refractivity contribution < 1.29 is 14.6 Å². The van der Waals surface area contributed by atoms with Crippen molar-refractivity contribution in [3.05, 3.63) is 58.7 Å². The summed E-state index contributed by atoms with van der Waals surface area (Å²) in [4.78, 5) is 11.7. The molecule has 0 amide bonds. The summed E-state index contributed by atoms with van der Waals surface area (Å²) in [7, 11) is 0. The second-order valence-electron chi connectivity index (χ2n) is 5.87. The van der Waals surface area contributed by atoms with E-state index in [-0.39, 0.29) is 0 Å². The lowest BCUT2D eigenvalue weighted by Gasteiger charge is -2.23. The molecule has 0 fully saturated rings. The molecule has 2 aromatic carbocycles. The quantitative estimate of drug-likeness (QED) is 0.780. The predicted molar refractivity (Wildman–Crippen MR) is 81.3 cm³/mol. The summed E-state index contributed by atoms with van der Waals surface area (Å²) in [6, 6.07) is 11.6. The molecule has 0 radical (unpaired) electrons. The number of aromatic carboxylic acids is 1. The second-order valence-corrected chi connectivity index (χ2v) is 5.87. The van der Waals surface area contributed by atoms with E-state index >= 15 is 0 Å². The van der Waals surface area contributed by atoms with Crippen LogP contribution in [0.4, 0.5) is 0 Å². The number of carbonyl (C=O) groups is 1. The largest absolute Gasteiger partial charge is 0.478 e. The van der Waals surface area contributed by atoms with Gasteiger partial charge in [0, 0.05) is 12.0 Å². The van der Waals surface area contributed by atoms with Crippen molar-refractivity contribution in [2.24, 2.45) is 5.92 Å². The Morgan fingerprint density at radius 1 is 1.19 bits per heavy atom. The molecule has 1 N–H and O–H groups in total. The fraction of sp³-hybridized carbons (Fsp3) is 0.278. The predicted octanol–water partition coefficient (Wildman–Crippen LogP) is 4.28. The number of hydrogen-bond acceptors (Lipinski definition) is 2. The van der Waals surface area contributed by atoms with Crippen LogP contribution in [0.2, 0.25) is 0 Å². The van der Waals surface area contributed by atoms with Crippen molar-refractivity contribution in [2.45, 2.75) is 26.7 Å². The van der Waals surface area contributed by atoms with Gasteiger partial charge in [0.2, 0.25) is 0 Å². The first-order chi connectivity index (χ1) is 10.1. The zero-order valence-electron chi connectivity index (χ0n) is 12.2. The van der Waals surface area contributed by atoms with Crippen LogP contribution in [0.3, 0.4) is 0 Å². The van der Waals surface area contributed by atoms with E-state index < -0.39 is 5.97 Å². The van der Waals surface area contributed by atoms with Crippen LogP contribution in [0.1, 0.15) is 40.9 Å². The van der Waals surface area contributed by atoms with Crippen LogP contribution in [-0.4, -0.2) is 11.1 Å². The number of carboxylic acids is 1. The van der Waals surface area contributed by atoms with Gasteiger partial charge >= 0.3 is 5.97 Å². The fourth-order valence-corrected chi connectivity index (χ4v) is 2.88. The van der Waals surface area contributed by atoms with E-state index in [1.165, 1.54) is 0 Å². The lowest BCUT2D eigenvalue weighted by molar-refractivity contribution is 0.0694. The molecule has 0 saturated carbocycles. The molecule has 0 aromatic heterocycles. The lowest BCUT2D eigenvalue weighted by atomic mass is 9.89. The van der Waals surface area contributed by atoms with Crippen LogP contribution in [0, 0.1) is 5.92 Å². The fourth-order valence-electron chi connectivity index (χ4n) is 2.88. The van der Waals surface area contributed by atoms with E-state index in [2.05, 4.69) is 13.8 Å². The van der Waals surface area contributed by atoms with Crippen molar-refractivity contribution in [3.63, 3.8) is 0 Å². The molecule has 2 aromatic rings. The highest BCUT2D eigenvalue weighted by molar-refractivity contribution is 5.92. The molecule has 1 aliphatic heterocycles. The van der Waals surface area contributed by atoms with Gasteiger partial charge in [0.1, 0.15) is 11.5 Å². The summed E-state index contributed by atoms with van der Waals surface area (Å²) >= 11 is 0. The number of carboxylic acid groups (broad SMARTS) is 1. The third-order valence-corrected chi connectivity index (χ3v) is 3.76. The number of hydrogen-bond donors (Lipinski definition) is 1. The van der Waals surface area contributed by atoms with Gasteiger partial charge in [-0.1, -0.05) is 38.1 Å². The highest BCUT2D eigenvalue weighted by Gasteiger charge is 2.25. The van der Waals surface area contributed by atoms with Gasteiger partial charge in [-0.3, -0.25) is 0 Å². The Balaban J connectivity index is 2.11. The molecule has 3 heteroatoms. The lowest BCUT2D eigenvalue weighted by Crippen LogP contribution is -2.13. The Kier molecular flexibility index (Phi) is 3.42. The summed E-state index contributed by atoms with van der Waals surface area (Å²) in [5.41, 5.74) is 3.13. The SMILES string of the molecule is CC(C)Cc1ccc2c(c1C(=O)O)Cc1ccccc1O2. The molecule has 3 rings (SSSR count). The maximum atomic E-state index is 11.7. The second kappa shape index (κ2) is 5.24. The van der Waals surface area contributed by atoms with Crippen LogP contribution < -0.4 is 4.74 Å². The normalized spacial score (nSPS) is 12.5. The van der Waals surface area contributed by atoms with Crippen molar-refractivity contribution in [1.82, 2.24) is 0 Å². The maximum Gasteiger partial charge on any atom is 0.336 e. The molecule has 0 aliphatic carbocycles. The summed E-state index contributed by atoms with van der Waals surface area (Å²) in [6.07, 6.45) is 1.37. The summed E-state index contributed by atoms with van der Waals surface area (Å²) in [5, 5.41) is 9.63. The van der Waals surface area contributed by atoms with Gasteiger partial charge in [0.25, 0.3) is 0 Å². The highest BCUT2D eigenvalue weighted by Crippen LogP contribution is 2.39. The van der Waals surface area contributed by atoms with Gasteiger partial charge in [-0.2, -0.15) is 0 Å². The molecule has 0 bridgehead atoms. The van der Waals surface area contributed by atoms with Gasteiger partial charge in [-0.05, 0) is 35.6 Å². The summed E-state index contributed by atoms with van der Waals surface area (Å²) in [5.74, 6) is 1.03. The summed E-state index contributed by atoms with van der Waals surface area (Å²) in [6.45, 7) is 4.19. The average Bonchev–Trinajstić information content (AvgIpc) is 2.44. The molecule has 0 unspecified atom stereocenters. The van der Waals surface area contributed by atoms with Gasteiger partial charge in [-0.15, -0.1) is 0 Å². The Morgan fingerprint density at radius 3 is 2.67 bits per heavy atom. The standard InChI is InChI=1S/C18H18O3/c1-11(2)9-13-7-8-16-14(17(13)18(19)20)10-12-5-3-4-6-15(12)21-16/h3-8,11H,9-10H2,1-2H3,(H,19,20). The zero-order valence-corrected chi connectivity index (χ0v) is 12.2. The topological polar surface area (TPSA) is 46.5 Å². The van der Waals surface area contributed by atoms with Gasteiger partial charge in [0.05, 0.1) is 5.56 Å². The Bertz CT molecular complexity index is 702. The van der Waals surface area contributed by atoms with E-state index in [1.807, 2.05) is 36.4 Å². The van der Waals surface area contributed by atoms with Crippen LogP contribution in [0.15, 0.2) is 36.4 Å². The van der Waals surface area contributed by atoms with Crippen molar-refractivity contribution >= 4 is 5.97 Å². The van der Waals surface area contributed by atoms with E-state index in [0.29, 0.717) is 23.7 Å². The average molecular weight is 282 g/mol. The number of fused-ring (bicyclic) bond motifs is 2. The molecule has 3 nitrogen and oxygen atoms in total. The van der Waals surface area contributed by atoms with Crippen LogP contribution in [-0.2, 0) is 12.8 Å². The first kappa shape index (κ1) is 13.7. The van der Waals surface area contributed by atoms with Crippen molar-refractivity contribution in [1.29, 1.82) is 0 Å². The van der Waals surface area contributed by atoms with E-state index in [0.717, 1.165) is 28.9 Å². The molecule has 21 heavy (non-hydrogen) atoms. The number of ether oxygens (including phenoxy) is 1. The molecule has 0 spiro atoms. The first-order valence-corrected chi connectivity index (χ1v) is 7.20. The van der Waals surface area contributed by atoms with Crippen LogP contribution in [0.25, 0.3) is 0 Å². The number of benzene rings is 2. The summed E-state index contributed by atoms with van der Waals surface area (Å²) < 4.78 is 5.86. The molecule has 1 heterocycles. The zero-order chi connectivity index (χ0) is 15.0. The van der Waals surface area contributed by atoms with Crippen molar-refractivity contribution in [2.75, 3.05) is 0 Å². The van der Waals surface area contributed by atoms with Crippen LogP contribution >= 0.6 is 0 Å². The van der Waals surface area contributed by atoms with Crippen molar-refractivity contribution in [3.8, 4) is 11.5 Å². The number of rotatable bonds is 3. The minimum atomic E-state index is -0.870. The molecule has 108 valence electrons. The van der Waals surface area contributed by atoms with E-state index in [4.69, 9.17) is 4.74 Å². The first-order valence-electron chi connectivity index (χ1n) is 7.20. The van der Waals surface area contributed by atoms with E-state index in [9.17, 15) is 9.90 Å². The molecule has 0 saturated heterocycles. The molecular weight excluding hydrogens is 264 g/mol. The van der Waals surface area contributed by atoms with Gasteiger partial charge in [-0.25, -0.2) is 4.79 Å². The van der Waals surface area contributed by atoms with Crippen LogP contribution in [0.5, 0.6) is 11.5 Å². The molecule has 1 aliphatic rings. The minimum absolute atomic E-state index is 0.413. The minimum Gasteiger partial charge on any atom is -0.478 e. The van der Waals surface area contributed by atoms with E-state index in [1.54, 1.807) is 0 Å². The van der Waals surface area contributed by atoms with Gasteiger partial charge < -0.3 is 9.84 Å². The third-order valence-electron chi connectivity index (χ3n) is 3.76. The molecular formula is C18H18O3. The smallest absolute Gasteiger partial charge is 0.336 e. The monoisotopic (exact) mass is 282 g/mol. The highest BCUT2D eigenvalue weighted by atomic mass is 16.5.